The van der Waals surface area contributed by atoms with E-state index >= 15 is 0 Å². The van der Waals surface area contributed by atoms with Crippen molar-refractivity contribution in [1.82, 2.24) is 0 Å². The van der Waals surface area contributed by atoms with Gasteiger partial charge >= 0.3 is 41.5 Å². The van der Waals surface area contributed by atoms with Gasteiger partial charge in [0.15, 0.2) is 24.8 Å². The summed E-state index contributed by atoms with van der Waals surface area (Å²) >= 11 is 0. The molecular weight excluding hydrogens is 987 g/mol. The van der Waals surface area contributed by atoms with Gasteiger partial charge in [-0.2, -0.15) is 0 Å². The van der Waals surface area contributed by atoms with Gasteiger partial charge in [-0.3, -0.25) is 0 Å². The number of aliphatic hydroxyl groups is 18. The Balaban J connectivity index is -0.000000163. The molecule has 30 heteroatoms. The number of ether oxygens (including phenoxy) is 3. The normalized spacial score (nSPS) is 31.8. The first-order valence-electron chi connectivity index (χ1n) is 14.0. The fourth-order valence-electron chi connectivity index (χ4n) is 3.80. The molecule has 27 nitrogen and oxygen atoms in total. The van der Waals surface area contributed by atoms with Gasteiger partial charge in [-0.25, -0.2) is 9.59 Å². The number of hydrogen-bond donors (Lipinski definition) is 20. The third-order valence-electron chi connectivity index (χ3n) is 6.98. The third kappa shape index (κ3) is 20.1. The van der Waals surface area contributed by atoms with Crippen LogP contribution in [0.4, 0.5) is 0 Å². The van der Waals surface area contributed by atoms with Gasteiger partial charge in [-0.15, -0.1) is 0 Å². The summed E-state index contributed by atoms with van der Waals surface area (Å²) in [6.07, 6.45) is -31.0. The number of carbonyl (C=O) groups is 2. The van der Waals surface area contributed by atoms with Crippen LogP contribution in [0.3, 0.4) is 0 Å². The molecule has 2 heterocycles. The Bertz CT molecular complexity index is 926. The van der Waals surface area contributed by atoms with E-state index in [4.69, 9.17) is 80.6 Å². The molecule has 0 aromatic carbocycles. The van der Waals surface area contributed by atoms with Crippen LogP contribution in [0.2, 0.25) is 0 Å². The molecule has 2 saturated heterocycles. The molecule has 0 bridgehead atoms. The van der Waals surface area contributed by atoms with Crippen molar-refractivity contribution in [3.63, 3.8) is 0 Å². The summed E-state index contributed by atoms with van der Waals surface area (Å²) in [5.41, 5.74) is 0. The predicted molar refractivity (Wildman–Crippen MR) is 159 cm³/mol. The fourth-order valence-corrected chi connectivity index (χ4v) is 3.80. The maximum atomic E-state index is 10.1. The molecule has 0 saturated carbocycles. The van der Waals surface area contributed by atoms with E-state index in [0.29, 0.717) is 0 Å². The molecule has 2 aliphatic rings. The van der Waals surface area contributed by atoms with Gasteiger partial charge in [0.1, 0.15) is 85.5 Å². The van der Waals surface area contributed by atoms with E-state index in [0.717, 1.165) is 0 Å². The Labute approximate surface area is 361 Å². The van der Waals surface area contributed by atoms with Crippen molar-refractivity contribution < 1.29 is 166 Å². The van der Waals surface area contributed by atoms with Gasteiger partial charge in [-0.1, -0.05) is 0 Å². The maximum Gasteiger partial charge on any atom is 1.00 e. The van der Waals surface area contributed by atoms with Crippen LogP contribution in [0.15, 0.2) is 0 Å². The average Bonchev–Trinajstić information content (AvgIpc) is 3.08. The molecule has 0 aromatic rings. The minimum atomic E-state index is -2.20. The van der Waals surface area contributed by atoms with Crippen LogP contribution in [-0.4, -0.2) is 300 Å². The van der Waals surface area contributed by atoms with Crippen molar-refractivity contribution >= 4 is 60.8 Å². The van der Waals surface area contributed by atoms with E-state index in [2.05, 4.69) is 0 Å². The molecule has 8 unspecified atom stereocenters. The van der Waals surface area contributed by atoms with Gasteiger partial charge in [0.2, 0.25) is 0 Å². The Morgan fingerprint density at radius 1 is 0.537 bits per heavy atom. The van der Waals surface area contributed by atoms with Gasteiger partial charge in [0, 0.05) is 48.9 Å². The summed E-state index contributed by atoms with van der Waals surface area (Å²) in [5, 5.41) is 180. The second-order valence-electron chi connectivity index (χ2n) is 10.6. The van der Waals surface area contributed by atoms with Gasteiger partial charge < -0.3 is 127 Å². The molecule has 6 radical (unpaired) electrons. The van der Waals surface area contributed by atoms with Crippen LogP contribution >= 0.6 is 0 Å². The number of carboxylic acids is 2. The van der Waals surface area contributed by atoms with Crippen molar-refractivity contribution in [1.29, 1.82) is 0 Å². The number of carboxylic acid groups (broad SMARTS) is 2. The van der Waals surface area contributed by atoms with Gasteiger partial charge in [-0.05, 0) is 0 Å². The first kappa shape index (κ1) is 66.5. The molecule has 0 aromatic heterocycles. The molecule has 2 fully saturated rings. The standard InChI is InChI=1S/C12H22O11.2C6H12O7.Na.2O.2Sb/c13-1-3-5(14)8(17)10(19)12(23-3)21-2-4-6(15)7(16)9(18)11(20)22-4;2*7-1-2(8)3(9)4(10)5(11)6(12)13;;;;;/h3-20H,1-2H2;2*2-5,7-11H,1H2,(H,12,13);;;;;/q;;;+1;2*-2;;/t3-,4-,5-,6-,7+,8+,9+,10+,11+,12+;;;;;;;/m1......./s1. The first-order valence-corrected chi connectivity index (χ1v) is 14.0. The summed E-state index contributed by atoms with van der Waals surface area (Å²) in [5.74, 6) is -3.45. The maximum absolute atomic E-state index is 10.1. The second-order valence-corrected chi connectivity index (χ2v) is 10.6. The zero-order valence-corrected chi connectivity index (χ0v) is 35.0. The fraction of sp³-hybridized carbons (Fsp3) is 0.917. The van der Waals surface area contributed by atoms with E-state index in [1.54, 1.807) is 0 Å². The molecule has 0 aliphatic carbocycles. The Hall–Kier alpha value is 0.656. The first-order chi connectivity index (χ1) is 22.6. The second kappa shape index (κ2) is 32.5. The largest absolute Gasteiger partial charge is 2.00 e. The third-order valence-corrected chi connectivity index (χ3v) is 6.98. The van der Waals surface area contributed by atoms with Crippen LogP contribution < -0.4 is 29.6 Å². The smallest absolute Gasteiger partial charge is 1.00 e. The molecule has 2 rings (SSSR count). The molecule has 318 valence electrons. The van der Waals surface area contributed by atoms with Crippen LogP contribution in [0.1, 0.15) is 0 Å². The van der Waals surface area contributed by atoms with Crippen LogP contribution in [0, 0.1) is 0 Å². The van der Waals surface area contributed by atoms with Gasteiger partial charge in [0.25, 0.3) is 0 Å². The molecule has 0 amide bonds. The van der Waals surface area contributed by atoms with Crippen molar-refractivity contribution in [2.24, 2.45) is 0 Å². The van der Waals surface area contributed by atoms with Crippen LogP contribution in [-0.2, 0) is 34.8 Å². The summed E-state index contributed by atoms with van der Waals surface area (Å²) in [4.78, 5) is 20.2. The zero-order chi connectivity index (χ0) is 38.5. The van der Waals surface area contributed by atoms with Crippen LogP contribution in [0.5, 0.6) is 0 Å². The molecular formula is C24H46NaO27Sb2-3. The Morgan fingerprint density at radius 3 is 1.22 bits per heavy atom. The Morgan fingerprint density at radius 2 is 0.889 bits per heavy atom. The van der Waals surface area contributed by atoms with E-state index < -0.39 is 149 Å². The van der Waals surface area contributed by atoms with Crippen LogP contribution in [0.25, 0.3) is 0 Å². The van der Waals surface area contributed by atoms with Crippen molar-refractivity contribution in [3.05, 3.63) is 0 Å². The number of aliphatic hydroxyl groups excluding tert-OH is 18. The quantitative estimate of drug-likeness (QED) is 0.0718. The Kier molecular flexibility index (Phi) is 40.0. The average molecular weight is 1030 g/mol. The van der Waals surface area contributed by atoms with E-state index in [9.17, 15) is 45.3 Å². The monoisotopic (exact) mass is 1030 g/mol. The molecule has 54 heavy (non-hydrogen) atoms. The summed E-state index contributed by atoms with van der Waals surface area (Å²) in [7, 11) is 0. The van der Waals surface area contributed by atoms with E-state index in [1.165, 1.54) is 0 Å². The predicted octanol–water partition coefficient (Wildman–Crippen LogP) is -16.4. The molecule has 0 spiro atoms. The molecule has 2 aliphatic heterocycles. The summed E-state index contributed by atoms with van der Waals surface area (Å²) in [6.45, 7) is -2.78. The number of aliphatic carboxylic acids is 2. The van der Waals surface area contributed by atoms with E-state index in [1.807, 2.05) is 0 Å². The van der Waals surface area contributed by atoms with E-state index in [-0.39, 0.29) is 89.4 Å². The topological polar surface area (TPSA) is 523 Å². The summed E-state index contributed by atoms with van der Waals surface area (Å²) < 4.78 is 15.1. The minimum absolute atomic E-state index is 0. The van der Waals surface area contributed by atoms with Crippen molar-refractivity contribution in [2.75, 3.05) is 26.4 Å². The number of rotatable bonds is 14. The molecule has 18 atom stereocenters. The van der Waals surface area contributed by atoms with Gasteiger partial charge in [0.05, 0.1) is 26.4 Å². The summed E-state index contributed by atoms with van der Waals surface area (Å²) in [6, 6.07) is 0. The SMILES string of the molecule is O=C(O)C(O)C(O)C(O)C(O)CO.O=C(O)C(O)C(O)C(O)C(O)CO.OC[C@H]1O[C@H](OC[C@H]2O[C@H](O)[C@@H](O)[C@@H](O)[C@@H]2O)[C@@H](O)[C@@H](O)[C@@H]1O.[Na+].[O-2].[O-2].[Sb].[Sb]. The number of hydrogen-bond acceptors (Lipinski definition) is 23. The van der Waals surface area contributed by atoms with Crippen molar-refractivity contribution in [3.8, 4) is 0 Å². The molecule has 20 N–H and O–H groups in total. The zero-order valence-electron chi connectivity index (χ0n) is 27.9. The minimum Gasteiger partial charge on any atom is -2.00 e. The van der Waals surface area contributed by atoms with Crippen molar-refractivity contribution in [2.45, 2.75) is 110 Å².